The molecule has 0 fully saturated rings. The Bertz CT molecular complexity index is 583. The summed E-state index contributed by atoms with van der Waals surface area (Å²) in [5, 5.41) is 10.2. The topological polar surface area (TPSA) is 86.7 Å². The number of hydrogen-bond donors (Lipinski definition) is 1. The average Bonchev–Trinajstić information content (AvgIpc) is 2.78. The number of nitrogens with one attached hydrogen (secondary N) is 1. The van der Waals surface area contributed by atoms with Gasteiger partial charge in [0.15, 0.2) is 0 Å². The Hall–Kier alpha value is -2.46. The minimum Gasteiger partial charge on any atom is -0.496 e. The number of ether oxygens (including phenoxy) is 1. The normalized spacial score (nSPS) is 9.76. The van der Waals surface area contributed by atoms with E-state index < -0.39 is 0 Å². The van der Waals surface area contributed by atoms with Crippen molar-refractivity contribution in [1.82, 2.24) is 10.2 Å². The van der Waals surface area contributed by atoms with Crippen molar-refractivity contribution >= 4 is 5.82 Å². The molecule has 1 N–H and O–H groups in total. The average molecular weight is 229 g/mol. The Morgan fingerprint density at radius 3 is 2.88 bits per heavy atom. The Balaban J connectivity index is 2.38. The van der Waals surface area contributed by atoms with E-state index in [9.17, 15) is 0 Å². The van der Waals surface area contributed by atoms with Crippen LogP contribution in [0.25, 0.3) is 21.7 Å². The molecule has 0 unspecified atom stereocenters. The first-order valence-corrected chi connectivity index (χ1v) is 5.00. The van der Waals surface area contributed by atoms with Gasteiger partial charge in [0.25, 0.3) is 0 Å². The van der Waals surface area contributed by atoms with Gasteiger partial charge in [0.1, 0.15) is 11.6 Å². The summed E-state index contributed by atoms with van der Waals surface area (Å²) in [5.74, 6) is 1.23. The number of methoxy groups -OCH3 is 1. The van der Waals surface area contributed by atoms with Crippen LogP contribution < -0.4 is 4.74 Å². The second-order valence-electron chi connectivity index (χ2n) is 3.51. The summed E-state index contributed by atoms with van der Waals surface area (Å²) in [5.41, 5.74) is 11.0. The highest BCUT2D eigenvalue weighted by molar-refractivity contribution is 5.64. The highest BCUT2D eigenvalue weighted by Gasteiger charge is 2.05. The lowest BCUT2D eigenvalue weighted by Gasteiger charge is -2.05. The van der Waals surface area contributed by atoms with E-state index in [0.29, 0.717) is 5.82 Å². The molecule has 6 nitrogen and oxygen atoms in total. The summed E-state index contributed by atoms with van der Waals surface area (Å²) >= 11 is 0. The summed E-state index contributed by atoms with van der Waals surface area (Å²) in [6.45, 7) is 1.96. The maximum absolute atomic E-state index is 8.31. The molecular weight excluding hydrogens is 218 g/mol. The summed E-state index contributed by atoms with van der Waals surface area (Å²) in [6, 6.07) is 7.45. The SMILES string of the molecule is COc1ccc(-c2cc(N=[N+]=[N-])[nH]n2)cc1C. The summed E-state index contributed by atoms with van der Waals surface area (Å²) in [4.78, 5) is 2.69. The van der Waals surface area contributed by atoms with E-state index >= 15 is 0 Å². The maximum Gasteiger partial charge on any atom is 0.122 e. The van der Waals surface area contributed by atoms with E-state index in [4.69, 9.17) is 10.3 Å². The number of azide groups is 1. The molecule has 0 bridgehead atoms. The van der Waals surface area contributed by atoms with Gasteiger partial charge in [-0.15, -0.1) is 0 Å². The van der Waals surface area contributed by atoms with Crippen molar-refractivity contribution in [2.75, 3.05) is 7.11 Å². The highest BCUT2D eigenvalue weighted by atomic mass is 16.5. The molecule has 0 spiro atoms. The summed E-state index contributed by atoms with van der Waals surface area (Å²) in [6.07, 6.45) is 0. The fraction of sp³-hybridized carbons (Fsp3) is 0.182. The van der Waals surface area contributed by atoms with Crippen molar-refractivity contribution < 1.29 is 4.74 Å². The lowest BCUT2D eigenvalue weighted by Crippen LogP contribution is -1.87. The van der Waals surface area contributed by atoms with Crippen LogP contribution in [0, 0.1) is 6.92 Å². The van der Waals surface area contributed by atoms with Gasteiger partial charge in [-0.3, -0.25) is 5.10 Å². The van der Waals surface area contributed by atoms with Gasteiger partial charge in [-0.25, -0.2) is 0 Å². The summed E-state index contributed by atoms with van der Waals surface area (Å²) < 4.78 is 5.18. The van der Waals surface area contributed by atoms with Crippen LogP contribution >= 0.6 is 0 Å². The van der Waals surface area contributed by atoms with Crippen LogP contribution in [0.15, 0.2) is 29.4 Å². The number of aromatic amines is 1. The fourth-order valence-corrected chi connectivity index (χ4v) is 1.60. The summed E-state index contributed by atoms with van der Waals surface area (Å²) in [7, 11) is 1.64. The Morgan fingerprint density at radius 1 is 1.41 bits per heavy atom. The van der Waals surface area contributed by atoms with Gasteiger partial charge in [0.05, 0.1) is 12.8 Å². The molecule has 1 aromatic carbocycles. The number of aromatic nitrogens is 2. The lowest BCUT2D eigenvalue weighted by molar-refractivity contribution is 0.412. The van der Waals surface area contributed by atoms with Crippen LogP contribution in [-0.2, 0) is 0 Å². The number of benzene rings is 1. The van der Waals surface area contributed by atoms with Gasteiger partial charge in [-0.2, -0.15) is 5.10 Å². The van der Waals surface area contributed by atoms with Crippen molar-refractivity contribution in [3.8, 4) is 17.0 Å². The van der Waals surface area contributed by atoms with E-state index in [1.807, 2.05) is 25.1 Å². The third-order valence-electron chi connectivity index (χ3n) is 2.41. The molecule has 6 heteroatoms. The molecule has 0 saturated carbocycles. The number of aryl methyl sites for hydroxylation is 1. The molecule has 0 amide bonds. The number of H-pyrrole nitrogens is 1. The van der Waals surface area contributed by atoms with Gasteiger partial charge < -0.3 is 4.74 Å². The van der Waals surface area contributed by atoms with Gasteiger partial charge in [-0.1, -0.05) is 0 Å². The molecule has 86 valence electrons. The first-order valence-electron chi connectivity index (χ1n) is 5.00. The number of nitrogens with zero attached hydrogens (tertiary/aromatic N) is 4. The van der Waals surface area contributed by atoms with Crippen molar-refractivity contribution in [3.63, 3.8) is 0 Å². The zero-order valence-electron chi connectivity index (χ0n) is 9.51. The van der Waals surface area contributed by atoms with Crippen LogP contribution in [0.3, 0.4) is 0 Å². The van der Waals surface area contributed by atoms with Crippen LogP contribution in [0.1, 0.15) is 5.56 Å². The van der Waals surface area contributed by atoms with Crippen LogP contribution in [0.2, 0.25) is 0 Å². The molecule has 0 atom stereocenters. The highest BCUT2D eigenvalue weighted by Crippen LogP contribution is 2.26. The quantitative estimate of drug-likeness (QED) is 0.497. The lowest BCUT2D eigenvalue weighted by atomic mass is 10.1. The molecular formula is C11H11N5O. The molecule has 1 heterocycles. The van der Waals surface area contributed by atoms with Crippen LogP contribution in [0.4, 0.5) is 5.82 Å². The predicted octanol–water partition coefficient (Wildman–Crippen LogP) is 3.34. The van der Waals surface area contributed by atoms with E-state index in [2.05, 4.69) is 20.2 Å². The Morgan fingerprint density at radius 2 is 2.24 bits per heavy atom. The Labute approximate surface area is 97.9 Å². The molecule has 0 aliphatic carbocycles. The maximum atomic E-state index is 8.31. The van der Waals surface area contributed by atoms with E-state index in [1.54, 1.807) is 13.2 Å². The Kier molecular flexibility index (Phi) is 2.98. The van der Waals surface area contributed by atoms with Gasteiger partial charge in [-0.05, 0) is 47.4 Å². The third kappa shape index (κ3) is 2.21. The predicted molar refractivity (Wildman–Crippen MR) is 64.1 cm³/mol. The minimum absolute atomic E-state index is 0.399. The fourth-order valence-electron chi connectivity index (χ4n) is 1.60. The first-order chi connectivity index (χ1) is 8.24. The smallest absolute Gasteiger partial charge is 0.122 e. The van der Waals surface area contributed by atoms with Crippen molar-refractivity contribution in [1.29, 1.82) is 0 Å². The van der Waals surface area contributed by atoms with E-state index in [1.165, 1.54) is 0 Å². The van der Waals surface area contributed by atoms with Crippen molar-refractivity contribution in [2.24, 2.45) is 5.11 Å². The molecule has 0 aliphatic rings. The van der Waals surface area contributed by atoms with E-state index in [0.717, 1.165) is 22.6 Å². The van der Waals surface area contributed by atoms with Crippen molar-refractivity contribution in [2.45, 2.75) is 6.92 Å². The van der Waals surface area contributed by atoms with Gasteiger partial charge in [0.2, 0.25) is 0 Å². The van der Waals surface area contributed by atoms with Gasteiger partial charge >= 0.3 is 0 Å². The molecule has 0 aliphatic heterocycles. The molecule has 0 saturated heterocycles. The molecule has 2 rings (SSSR count). The van der Waals surface area contributed by atoms with Crippen LogP contribution in [0.5, 0.6) is 5.75 Å². The standard InChI is InChI=1S/C11H11N5O/c1-7-5-8(3-4-10(7)17-2)9-6-11(14-13-9)15-16-12/h3-6H,1-2H3,(H,13,14). The van der Waals surface area contributed by atoms with Crippen LogP contribution in [-0.4, -0.2) is 17.3 Å². The zero-order valence-corrected chi connectivity index (χ0v) is 9.51. The monoisotopic (exact) mass is 229 g/mol. The number of rotatable bonds is 3. The first kappa shape index (κ1) is 11.0. The molecule has 1 aromatic heterocycles. The second kappa shape index (κ2) is 4.59. The van der Waals surface area contributed by atoms with Crippen molar-refractivity contribution in [3.05, 3.63) is 40.3 Å². The molecule has 17 heavy (non-hydrogen) atoms. The largest absolute Gasteiger partial charge is 0.496 e. The minimum atomic E-state index is 0.399. The molecule has 0 radical (unpaired) electrons. The second-order valence-corrected chi connectivity index (χ2v) is 3.51. The zero-order chi connectivity index (χ0) is 12.3. The van der Waals surface area contributed by atoms with E-state index in [-0.39, 0.29) is 0 Å². The van der Waals surface area contributed by atoms with Gasteiger partial charge in [0, 0.05) is 10.5 Å². The third-order valence-corrected chi connectivity index (χ3v) is 2.41. The number of hydrogen-bond acceptors (Lipinski definition) is 3. The molecule has 2 aromatic rings.